The van der Waals surface area contributed by atoms with Crippen molar-refractivity contribution < 1.29 is 29.0 Å². The minimum absolute atomic E-state index is 0.0153. The molecule has 3 heterocycles. The molecule has 8 heteroatoms. The number of aliphatic carboxylic acids is 1. The van der Waals surface area contributed by atoms with E-state index in [4.69, 9.17) is 9.47 Å². The number of cyclic esters (lactones) is 1. The molecule has 1 aromatic carbocycles. The molecular formula is C32H42N2O6. The van der Waals surface area contributed by atoms with Gasteiger partial charge >= 0.3 is 11.9 Å². The number of hydrogen-bond acceptors (Lipinski definition) is 6. The van der Waals surface area contributed by atoms with Gasteiger partial charge in [-0.3, -0.25) is 9.59 Å². The van der Waals surface area contributed by atoms with Crippen molar-refractivity contribution in [3.63, 3.8) is 0 Å². The van der Waals surface area contributed by atoms with Gasteiger partial charge in [0.1, 0.15) is 12.1 Å². The first-order valence-electron chi connectivity index (χ1n) is 14.8. The Morgan fingerprint density at radius 2 is 1.90 bits per heavy atom. The fraction of sp³-hybridized carbons (Fsp3) is 0.625. The van der Waals surface area contributed by atoms with Crippen molar-refractivity contribution in [2.75, 3.05) is 13.2 Å². The Morgan fingerprint density at radius 3 is 2.65 bits per heavy atom. The molecule has 1 saturated carbocycles. The van der Waals surface area contributed by atoms with Gasteiger partial charge in [0.15, 0.2) is 0 Å². The van der Waals surface area contributed by atoms with Crippen molar-refractivity contribution in [2.24, 2.45) is 17.3 Å². The molecule has 2 aromatic rings. The van der Waals surface area contributed by atoms with E-state index in [9.17, 15) is 19.5 Å². The maximum absolute atomic E-state index is 14.0. The molecule has 40 heavy (non-hydrogen) atoms. The third kappa shape index (κ3) is 6.26. The van der Waals surface area contributed by atoms with E-state index in [1.54, 1.807) is 6.20 Å². The SMILES string of the molecule is Cc1cc2ccnc3c2cc1CCCC(C)(C)COC(=O)C[C@@H](C1CCCCC1)C(=O)N1C[C@@H](C[C@H]1C(=O)O)O3. The number of carbonyl (C=O) groups excluding carboxylic acids is 2. The third-order valence-electron chi connectivity index (χ3n) is 9.14. The average Bonchev–Trinajstić information content (AvgIpc) is 3.35. The van der Waals surface area contributed by atoms with Gasteiger partial charge in [0.2, 0.25) is 11.8 Å². The van der Waals surface area contributed by atoms with Gasteiger partial charge in [-0.25, -0.2) is 9.78 Å². The minimum Gasteiger partial charge on any atom is -0.480 e. The summed E-state index contributed by atoms with van der Waals surface area (Å²) in [6.45, 7) is 6.76. The molecule has 0 spiro atoms. The number of amides is 1. The number of carboxylic acid groups (broad SMARTS) is 1. The normalized spacial score (nSPS) is 26.7. The fourth-order valence-corrected chi connectivity index (χ4v) is 6.78. The van der Waals surface area contributed by atoms with Crippen LogP contribution in [0.4, 0.5) is 0 Å². The summed E-state index contributed by atoms with van der Waals surface area (Å²) in [5, 5.41) is 12.0. The topological polar surface area (TPSA) is 106 Å². The van der Waals surface area contributed by atoms with Crippen LogP contribution >= 0.6 is 0 Å². The molecule has 216 valence electrons. The molecule has 1 N–H and O–H groups in total. The Balaban J connectivity index is 1.51. The van der Waals surface area contributed by atoms with Gasteiger partial charge in [-0.2, -0.15) is 0 Å². The Morgan fingerprint density at radius 1 is 1.12 bits per heavy atom. The number of aromatic nitrogens is 1. The molecule has 3 atom stereocenters. The number of aryl methyl sites for hydroxylation is 2. The van der Waals surface area contributed by atoms with Crippen LogP contribution in [-0.2, 0) is 25.5 Å². The number of benzene rings is 1. The first-order valence-corrected chi connectivity index (χ1v) is 14.8. The first-order chi connectivity index (χ1) is 19.1. The second-order valence-electron chi connectivity index (χ2n) is 12.8. The fourth-order valence-electron chi connectivity index (χ4n) is 6.78. The van der Waals surface area contributed by atoms with Crippen LogP contribution < -0.4 is 4.74 Å². The lowest BCUT2D eigenvalue weighted by atomic mass is 9.77. The highest BCUT2D eigenvalue weighted by atomic mass is 16.5. The van der Waals surface area contributed by atoms with E-state index in [0.717, 1.165) is 62.1 Å². The quantitative estimate of drug-likeness (QED) is 0.494. The van der Waals surface area contributed by atoms with Gasteiger partial charge in [0.25, 0.3) is 0 Å². The standard InChI is InChI=1S/C32H42N2O6/c1-20-14-23-11-13-33-29-25(23)15-22(20)10-7-12-32(2,3)19-39-28(35)17-26(21-8-5-4-6-9-21)30(36)34-18-24(40-29)16-27(34)31(37)38/h11,13-15,21,24,26-27H,4-10,12,16-19H2,1-3H3,(H,37,38)/t24-,26+,27+/m1/s1. The molecule has 5 rings (SSSR count). The summed E-state index contributed by atoms with van der Waals surface area (Å²) < 4.78 is 12.1. The first kappa shape index (κ1) is 28.4. The molecule has 3 aliphatic rings. The summed E-state index contributed by atoms with van der Waals surface area (Å²) >= 11 is 0. The van der Waals surface area contributed by atoms with E-state index in [1.807, 2.05) is 6.07 Å². The van der Waals surface area contributed by atoms with Crippen LogP contribution in [0.3, 0.4) is 0 Å². The second kappa shape index (κ2) is 11.8. The molecule has 1 amide bonds. The summed E-state index contributed by atoms with van der Waals surface area (Å²) in [6, 6.07) is 5.23. The van der Waals surface area contributed by atoms with E-state index in [1.165, 1.54) is 16.0 Å². The molecule has 0 unspecified atom stereocenters. The van der Waals surface area contributed by atoms with Gasteiger partial charge in [0.05, 0.1) is 25.5 Å². The number of esters is 1. The lowest BCUT2D eigenvalue weighted by Crippen LogP contribution is -2.46. The van der Waals surface area contributed by atoms with Crippen LogP contribution in [0.2, 0.25) is 0 Å². The number of carboxylic acids is 1. The third-order valence-corrected chi connectivity index (χ3v) is 9.14. The van der Waals surface area contributed by atoms with E-state index >= 15 is 0 Å². The number of nitrogens with zero attached hydrogens (tertiary/aromatic N) is 2. The molecule has 2 fully saturated rings. The molecule has 8 nitrogen and oxygen atoms in total. The summed E-state index contributed by atoms with van der Waals surface area (Å²) in [7, 11) is 0. The number of carbonyl (C=O) groups is 3. The van der Waals surface area contributed by atoms with E-state index < -0.39 is 24.0 Å². The van der Waals surface area contributed by atoms with Gasteiger partial charge in [-0.05, 0) is 79.0 Å². The Hall–Kier alpha value is -3.16. The van der Waals surface area contributed by atoms with Crippen molar-refractivity contribution in [1.29, 1.82) is 0 Å². The predicted molar refractivity (Wildman–Crippen MR) is 151 cm³/mol. The summed E-state index contributed by atoms with van der Waals surface area (Å²) in [5.41, 5.74) is 2.20. The van der Waals surface area contributed by atoms with Crippen LogP contribution in [0.25, 0.3) is 10.8 Å². The monoisotopic (exact) mass is 550 g/mol. The Kier molecular flexibility index (Phi) is 8.34. The Bertz CT molecular complexity index is 1270. The van der Waals surface area contributed by atoms with Crippen LogP contribution in [0, 0.1) is 24.2 Å². The van der Waals surface area contributed by atoms with Gasteiger partial charge in [-0.15, -0.1) is 0 Å². The smallest absolute Gasteiger partial charge is 0.326 e. The highest BCUT2D eigenvalue weighted by Gasteiger charge is 2.45. The molecule has 0 radical (unpaired) electrons. The molecule has 1 saturated heterocycles. The second-order valence-corrected chi connectivity index (χ2v) is 12.8. The maximum atomic E-state index is 14.0. The lowest BCUT2D eigenvalue weighted by molar-refractivity contribution is -0.156. The number of hydrogen-bond donors (Lipinski definition) is 1. The van der Waals surface area contributed by atoms with Gasteiger partial charge < -0.3 is 19.5 Å². The minimum atomic E-state index is -1.05. The van der Waals surface area contributed by atoms with Gasteiger partial charge in [0, 0.05) is 18.0 Å². The summed E-state index contributed by atoms with van der Waals surface area (Å²) in [4.78, 5) is 45.4. The summed E-state index contributed by atoms with van der Waals surface area (Å²) in [5.74, 6) is -1.78. The Labute approximate surface area is 236 Å². The lowest BCUT2D eigenvalue weighted by Gasteiger charge is -2.33. The van der Waals surface area contributed by atoms with E-state index in [2.05, 4.69) is 37.9 Å². The van der Waals surface area contributed by atoms with Crippen molar-refractivity contribution in [1.82, 2.24) is 9.88 Å². The van der Waals surface area contributed by atoms with Crippen molar-refractivity contribution in [3.05, 3.63) is 35.5 Å². The average molecular weight is 551 g/mol. The maximum Gasteiger partial charge on any atom is 0.326 e. The van der Waals surface area contributed by atoms with Gasteiger partial charge in [-0.1, -0.05) is 39.2 Å². The highest BCUT2D eigenvalue weighted by molar-refractivity contribution is 5.89. The van der Waals surface area contributed by atoms with E-state index in [-0.39, 0.29) is 42.6 Å². The predicted octanol–water partition coefficient (Wildman–Crippen LogP) is 5.47. The highest BCUT2D eigenvalue weighted by Crippen LogP contribution is 2.37. The number of fused-ring (bicyclic) bond motifs is 3. The van der Waals surface area contributed by atoms with Crippen molar-refractivity contribution >= 4 is 28.6 Å². The molecule has 1 aliphatic carbocycles. The number of ether oxygens (including phenoxy) is 2. The zero-order chi connectivity index (χ0) is 28.4. The molecule has 4 bridgehead atoms. The van der Waals surface area contributed by atoms with E-state index in [0.29, 0.717) is 12.5 Å². The molecular weight excluding hydrogens is 508 g/mol. The molecule has 1 aromatic heterocycles. The van der Waals surface area contributed by atoms with Crippen LogP contribution in [0.15, 0.2) is 24.4 Å². The molecule has 2 aliphatic heterocycles. The zero-order valence-corrected chi connectivity index (χ0v) is 24.0. The van der Waals surface area contributed by atoms with Crippen molar-refractivity contribution in [3.8, 4) is 5.88 Å². The van der Waals surface area contributed by atoms with Crippen LogP contribution in [0.1, 0.15) is 82.8 Å². The van der Waals surface area contributed by atoms with Crippen LogP contribution in [-0.4, -0.2) is 58.1 Å². The van der Waals surface area contributed by atoms with Crippen molar-refractivity contribution in [2.45, 2.75) is 97.1 Å². The number of pyridine rings is 1. The summed E-state index contributed by atoms with van der Waals surface area (Å²) in [6.07, 6.45) is 8.93. The van der Waals surface area contributed by atoms with Crippen LogP contribution in [0.5, 0.6) is 5.88 Å². The largest absolute Gasteiger partial charge is 0.480 e. The zero-order valence-electron chi connectivity index (χ0n) is 24.0. The number of rotatable bonds is 2.